The first-order valence-corrected chi connectivity index (χ1v) is 9.22. The zero-order valence-corrected chi connectivity index (χ0v) is 17.0. The van der Waals surface area contributed by atoms with Crippen molar-refractivity contribution in [2.24, 2.45) is 5.92 Å². The van der Waals surface area contributed by atoms with Crippen molar-refractivity contribution >= 4 is 11.9 Å². The van der Waals surface area contributed by atoms with E-state index in [1.165, 1.54) is 12.1 Å². The van der Waals surface area contributed by atoms with Gasteiger partial charge < -0.3 is 14.4 Å². The number of rotatable bonds is 8. The van der Waals surface area contributed by atoms with Gasteiger partial charge in [0.2, 0.25) is 0 Å². The van der Waals surface area contributed by atoms with Crippen molar-refractivity contribution in [1.29, 1.82) is 0 Å². The van der Waals surface area contributed by atoms with Gasteiger partial charge in [-0.05, 0) is 30.3 Å². The van der Waals surface area contributed by atoms with E-state index in [2.05, 4.69) is 0 Å². The van der Waals surface area contributed by atoms with Crippen molar-refractivity contribution in [3.8, 4) is 0 Å². The molecule has 0 spiro atoms. The van der Waals surface area contributed by atoms with Gasteiger partial charge in [-0.2, -0.15) is 13.2 Å². The maximum Gasteiger partial charge on any atom is 0.416 e. The molecule has 30 heavy (non-hydrogen) atoms. The van der Waals surface area contributed by atoms with Gasteiger partial charge >= 0.3 is 18.1 Å². The van der Waals surface area contributed by atoms with Crippen LogP contribution in [0.2, 0.25) is 0 Å². The lowest BCUT2D eigenvalue weighted by Crippen LogP contribution is -2.37. The van der Waals surface area contributed by atoms with Crippen molar-refractivity contribution in [3.05, 3.63) is 71.3 Å². The largest absolute Gasteiger partial charge is 0.468 e. The Bertz CT molecular complexity index is 822. The highest BCUT2D eigenvalue weighted by Crippen LogP contribution is 2.33. The van der Waals surface area contributed by atoms with Gasteiger partial charge in [-0.25, -0.2) is 0 Å². The van der Waals surface area contributed by atoms with Crippen LogP contribution in [0.15, 0.2) is 54.6 Å². The molecule has 8 heteroatoms. The van der Waals surface area contributed by atoms with Gasteiger partial charge in [0.25, 0.3) is 0 Å². The van der Waals surface area contributed by atoms with Crippen LogP contribution in [0.3, 0.4) is 0 Å². The van der Waals surface area contributed by atoms with E-state index < -0.39 is 35.5 Å². The number of nitrogens with zero attached hydrogens (tertiary/aromatic N) is 1. The number of carbonyl (C=O) groups is 2. The SMILES string of the molecule is COC(=O)C(C(=O)OC)C(CN(C)Cc1ccccc1)c1ccc(C(F)(F)F)cc1. The average molecular weight is 423 g/mol. The second kappa shape index (κ2) is 10.2. The van der Waals surface area contributed by atoms with Crippen molar-refractivity contribution in [3.63, 3.8) is 0 Å². The standard InChI is InChI=1S/C22H24F3NO4/c1-26(13-15-7-5-4-6-8-15)14-18(19(20(27)29-2)21(28)30-3)16-9-11-17(12-10-16)22(23,24)25/h4-12,18-19H,13-14H2,1-3H3. The summed E-state index contributed by atoms with van der Waals surface area (Å²) in [5.41, 5.74) is 0.609. The highest BCUT2D eigenvalue weighted by molar-refractivity contribution is 5.96. The van der Waals surface area contributed by atoms with Crippen LogP contribution >= 0.6 is 0 Å². The molecule has 0 bridgehead atoms. The highest BCUT2D eigenvalue weighted by atomic mass is 19.4. The lowest BCUT2D eigenvalue weighted by Gasteiger charge is -2.28. The minimum absolute atomic E-state index is 0.217. The molecule has 0 aliphatic rings. The van der Waals surface area contributed by atoms with Gasteiger partial charge in [0.1, 0.15) is 0 Å². The van der Waals surface area contributed by atoms with Crippen molar-refractivity contribution < 1.29 is 32.2 Å². The summed E-state index contributed by atoms with van der Waals surface area (Å²) in [6.45, 7) is 0.738. The van der Waals surface area contributed by atoms with E-state index in [1.807, 2.05) is 35.2 Å². The van der Waals surface area contributed by atoms with Crippen molar-refractivity contribution in [2.75, 3.05) is 27.8 Å². The second-order valence-corrected chi connectivity index (χ2v) is 6.93. The van der Waals surface area contributed by atoms with E-state index in [4.69, 9.17) is 9.47 Å². The molecule has 0 saturated heterocycles. The van der Waals surface area contributed by atoms with E-state index in [9.17, 15) is 22.8 Å². The van der Waals surface area contributed by atoms with Gasteiger partial charge in [-0.1, -0.05) is 42.5 Å². The van der Waals surface area contributed by atoms with Gasteiger partial charge in [0.05, 0.1) is 19.8 Å². The Balaban J connectivity index is 2.37. The van der Waals surface area contributed by atoms with Gasteiger partial charge in [-0.15, -0.1) is 0 Å². The second-order valence-electron chi connectivity index (χ2n) is 6.93. The van der Waals surface area contributed by atoms with E-state index in [0.29, 0.717) is 12.1 Å². The molecule has 0 fully saturated rings. The fourth-order valence-corrected chi connectivity index (χ4v) is 3.30. The summed E-state index contributed by atoms with van der Waals surface area (Å²) in [6, 6.07) is 14.0. The molecule has 0 heterocycles. The van der Waals surface area contributed by atoms with E-state index in [-0.39, 0.29) is 6.54 Å². The van der Waals surface area contributed by atoms with Crippen LogP contribution in [0, 0.1) is 5.92 Å². The van der Waals surface area contributed by atoms with Crippen LogP contribution < -0.4 is 0 Å². The summed E-state index contributed by atoms with van der Waals surface area (Å²) in [7, 11) is 4.10. The Morgan fingerprint density at radius 2 is 1.47 bits per heavy atom. The lowest BCUT2D eigenvalue weighted by molar-refractivity contribution is -0.160. The molecular formula is C22H24F3NO4. The quantitative estimate of drug-likeness (QED) is 0.476. The zero-order chi connectivity index (χ0) is 22.3. The van der Waals surface area contributed by atoms with E-state index in [1.54, 1.807) is 7.05 Å². The van der Waals surface area contributed by atoms with Gasteiger partial charge in [-0.3, -0.25) is 9.59 Å². The number of alkyl halides is 3. The lowest BCUT2D eigenvalue weighted by atomic mass is 9.84. The summed E-state index contributed by atoms with van der Waals surface area (Å²) in [6.07, 6.45) is -4.48. The fourth-order valence-electron chi connectivity index (χ4n) is 3.30. The van der Waals surface area contributed by atoms with Crippen LogP contribution in [0.1, 0.15) is 22.6 Å². The molecule has 0 aliphatic carbocycles. The summed E-state index contributed by atoms with van der Waals surface area (Å²) >= 11 is 0. The molecule has 1 atom stereocenters. The average Bonchev–Trinajstić information content (AvgIpc) is 2.73. The predicted octanol–water partition coefficient (Wildman–Crippen LogP) is 3.88. The minimum Gasteiger partial charge on any atom is -0.468 e. The number of likely N-dealkylation sites (N-methyl/N-ethyl adjacent to an activating group) is 1. The first-order valence-electron chi connectivity index (χ1n) is 9.22. The summed E-state index contributed by atoms with van der Waals surface area (Å²) in [4.78, 5) is 26.6. The first kappa shape index (κ1) is 23.4. The molecule has 0 aliphatic heterocycles. The number of esters is 2. The maximum atomic E-state index is 12.9. The summed E-state index contributed by atoms with van der Waals surface area (Å²) in [5.74, 6) is -3.68. The van der Waals surface area contributed by atoms with E-state index in [0.717, 1.165) is 31.9 Å². The number of hydrogen-bond acceptors (Lipinski definition) is 5. The molecule has 0 N–H and O–H groups in total. The Morgan fingerprint density at radius 1 is 0.933 bits per heavy atom. The van der Waals surface area contributed by atoms with E-state index >= 15 is 0 Å². The molecule has 2 aromatic carbocycles. The third-order valence-electron chi connectivity index (χ3n) is 4.78. The van der Waals surface area contributed by atoms with Crippen LogP contribution in [-0.2, 0) is 31.8 Å². The van der Waals surface area contributed by atoms with Crippen LogP contribution in [0.5, 0.6) is 0 Å². The number of carbonyl (C=O) groups excluding carboxylic acids is 2. The predicted molar refractivity (Wildman–Crippen MR) is 104 cm³/mol. The number of ether oxygens (including phenoxy) is 2. The smallest absolute Gasteiger partial charge is 0.416 e. The Morgan fingerprint density at radius 3 is 1.93 bits per heavy atom. The zero-order valence-electron chi connectivity index (χ0n) is 17.0. The van der Waals surface area contributed by atoms with Gasteiger partial charge in [0, 0.05) is 19.0 Å². The molecule has 5 nitrogen and oxygen atoms in total. The third-order valence-corrected chi connectivity index (χ3v) is 4.78. The number of hydrogen-bond donors (Lipinski definition) is 0. The number of methoxy groups -OCH3 is 2. The molecule has 1 unspecified atom stereocenters. The molecule has 0 radical (unpaired) electrons. The van der Waals surface area contributed by atoms with Gasteiger partial charge in [0.15, 0.2) is 5.92 Å². The molecule has 0 amide bonds. The minimum atomic E-state index is -4.48. The van der Waals surface area contributed by atoms with Crippen LogP contribution in [0.25, 0.3) is 0 Å². The van der Waals surface area contributed by atoms with Crippen molar-refractivity contribution in [1.82, 2.24) is 4.90 Å². The molecule has 2 rings (SSSR count). The molecular weight excluding hydrogens is 399 g/mol. The maximum absolute atomic E-state index is 12.9. The van der Waals surface area contributed by atoms with Crippen LogP contribution in [0.4, 0.5) is 13.2 Å². The molecule has 0 saturated carbocycles. The molecule has 162 valence electrons. The molecule has 2 aromatic rings. The summed E-state index contributed by atoms with van der Waals surface area (Å²) < 4.78 is 48.4. The monoisotopic (exact) mass is 423 g/mol. The Kier molecular flexibility index (Phi) is 8.00. The van der Waals surface area contributed by atoms with Crippen molar-refractivity contribution in [2.45, 2.75) is 18.6 Å². The topological polar surface area (TPSA) is 55.8 Å². The Labute approximate surface area is 173 Å². The Hall–Kier alpha value is -2.87. The number of benzene rings is 2. The summed E-state index contributed by atoms with van der Waals surface area (Å²) in [5, 5.41) is 0. The highest BCUT2D eigenvalue weighted by Gasteiger charge is 2.39. The first-order chi connectivity index (χ1) is 14.2. The fraction of sp³-hybridized carbons (Fsp3) is 0.364. The normalized spacial score (nSPS) is 12.7. The number of halogens is 3. The van der Waals surface area contributed by atoms with Crippen LogP contribution in [-0.4, -0.2) is 44.7 Å². The third kappa shape index (κ3) is 6.06. The molecule has 0 aromatic heterocycles.